The van der Waals surface area contributed by atoms with Crippen LogP contribution in [-0.4, -0.2) is 54.4 Å². The van der Waals surface area contributed by atoms with E-state index in [9.17, 15) is 4.79 Å². The number of carboxylic acid groups (broad SMARTS) is 1. The molecule has 0 radical (unpaired) electrons. The second-order valence-corrected chi connectivity index (χ2v) is 4.30. The third-order valence-corrected chi connectivity index (χ3v) is 2.02. The molecule has 0 rings (SSSR count). The molecule has 0 aliphatic carbocycles. The molecule has 6 N–H and O–H groups in total. The van der Waals surface area contributed by atoms with Crippen LogP contribution < -0.4 is 16.8 Å². The van der Waals surface area contributed by atoms with Crippen molar-refractivity contribution in [2.45, 2.75) is 32.4 Å². The molecular weight excluding hydrogens is 208 g/mol. The van der Waals surface area contributed by atoms with Crippen LogP contribution in [0.2, 0.25) is 0 Å². The molecule has 0 aliphatic rings. The van der Waals surface area contributed by atoms with Crippen molar-refractivity contribution in [1.29, 1.82) is 0 Å². The van der Waals surface area contributed by atoms with Crippen molar-refractivity contribution in [3.8, 4) is 0 Å². The summed E-state index contributed by atoms with van der Waals surface area (Å²) in [5.74, 6) is 0. The van der Waals surface area contributed by atoms with E-state index in [1.165, 1.54) is 0 Å². The lowest BCUT2D eigenvalue weighted by atomic mass is 10.2. The maximum Gasteiger partial charge on any atom is 0.404 e. The quantitative estimate of drug-likeness (QED) is 0.428. The number of nitrogens with one attached hydrogen (secondary N) is 1. The van der Waals surface area contributed by atoms with Gasteiger partial charge in [-0.05, 0) is 26.8 Å². The fraction of sp³-hybridized carbons (Fsp3) is 0.900. The molecule has 6 heteroatoms. The van der Waals surface area contributed by atoms with E-state index in [0.717, 1.165) is 26.1 Å². The summed E-state index contributed by atoms with van der Waals surface area (Å²) in [6, 6.07) is 0.206. The topological polar surface area (TPSA) is 105 Å². The molecule has 0 saturated heterocycles. The maximum atomic E-state index is 10.2. The second-order valence-electron chi connectivity index (χ2n) is 4.30. The number of hydrogen-bond donors (Lipinski definition) is 4. The summed E-state index contributed by atoms with van der Waals surface area (Å²) in [6.07, 6.45) is -0.211. The van der Waals surface area contributed by atoms with E-state index in [1.807, 2.05) is 13.8 Å². The van der Waals surface area contributed by atoms with Gasteiger partial charge < -0.3 is 26.8 Å². The first-order valence-corrected chi connectivity index (χ1v) is 5.62. The fourth-order valence-corrected chi connectivity index (χ4v) is 1.57. The molecule has 0 bridgehead atoms. The second kappa shape index (κ2) is 8.32. The average Bonchev–Trinajstić information content (AvgIpc) is 2.09. The van der Waals surface area contributed by atoms with Crippen molar-refractivity contribution in [3.63, 3.8) is 0 Å². The third-order valence-electron chi connectivity index (χ3n) is 2.02. The zero-order valence-corrected chi connectivity index (χ0v) is 10.1. The van der Waals surface area contributed by atoms with E-state index in [4.69, 9.17) is 16.6 Å². The smallest absolute Gasteiger partial charge is 0.404 e. The van der Waals surface area contributed by atoms with Gasteiger partial charge in [-0.2, -0.15) is 0 Å². The summed E-state index contributed by atoms with van der Waals surface area (Å²) in [7, 11) is 0. The Morgan fingerprint density at radius 2 is 1.81 bits per heavy atom. The van der Waals surface area contributed by atoms with Crippen LogP contribution in [0.5, 0.6) is 0 Å². The van der Waals surface area contributed by atoms with E-state index in [-0.39, 0.29) is 12.1 Å². The molecule has 2 atom stereocenters. The van der Waals surface area contributed by atoms with Gasteiger partial charge in [-0.1, -0.05) is 0 Å². The maximum absolute atomic E-state index is 10.2. The Morgan fingerprint density at radius 1 is 1.31 bits per heavy atom. The van der Waals surface area contributed by atoms with Crippen LogP contribution in [0.3, 0.4) is 0 Å². The van der Waals surface area contributed by atoms with Gasteiger partial charge in [0.2, 0.25) is 0 Å². The zero-order chi connectivity index (χ0) is 12.6. The Kier molecular flexibility index (Phi) is 7.88. The molecule has 0 saturated carbocycles. The predicted octanol–water partition coefficient (Wildman–Crippen LogP) is -0.359. The van der Waals surface area contributed by atoms with Crippen molar-refractivity contribution >= 4 is 6.09 Å². The molecule has 96 valence electrons. The minimum Gasteiger partial charge on any atom is -0.465 e. The lowest BCUT2D eigenvalue weighted by molar-refractivity contribution is 0.192. The molecular formula is C10H24N4O2. The largest absolute Gasteiger partial charge is 0.465 e. The van der Waals surface area contributed by atoms with Crippen molar-refractivity contribution < 1.29 is 9.90 Å². The highest BCUT2D eigenvalue weighted by molar-refractivity contribution is 5.64. The van der Waals surface area contributed by atoms with Gasteiger partial charge in [-0.3, -0.25) is 0 Å². The first-order chi connectivity index (χ1) is 7.41. The lowest BCUT2D eigenvalue weighted by Crippen LogP contribution is -2.42. The van der Waals surface area contributed by atoms with Crippen molar-refractivity contribution in [2.24, 2.45) is 11.5 Å². The highest BCUT2D eigenvalue weighted by Crippen LogP contribution is 1.95. The van der Waals surface area contributed by atoms with Gasteiger partial charge in [0.05, 0.1) is 0 Å². The molecule has 0 fully saturated rings. The molecule has 2 unspecified atom stereocenters. The van der Waals surface area contributed by atoms with E-state index in [1.54, 1.807) is 0 Å². The summed E-state index contributed by atoms with van der Waals surface area (Å²) in [5.41, 5.74) is 11.5. The van der Waals surface area contributed by atoms with Crippen molar-refractivity contribution in [3.05, 3.63) is 0 Å². The minimum atomic E-state index is -0.981. The minimum absolute atomic E-state index is 0.103. The number of amides is 1. The van der Waals surface area contributed by atoms with Crippen LogP contribution in [0, 0.1) is 0 Å². The molecule has 1 amide bonds. The van der Waals surface area contributed by atoms with Gasteiger partial charge in [0.1, 0.15) is 0 Å². The first-order valence-electron chi connectivity index (χ1n) is 5.62. The summed E-state index contributed by atoms with van der Waals surface area (Å²) >= 11 is 0. The zero-order valence-electron chi connectivity index (χ0n) is 10.1. The highest BCUT2D eigenvalue weighted by Gasteiger charge is 2.09. The normalized spacial score (nSPS) is 14.8. The molecule has 0 aliphatic heterocycles. The van der Waals surface area contributed by atoms with E-state index in [0.29, 0.717) is 6.54 Å². The molecule has 0 heterocycles. The SMILES string of the molecule is CC(N)CN(CCCNC(=O)O)CC(C)N. The van der Waals surface area contributed by atoms with Crippen molar-refractivity contribution in [2.75, 3.05) is 26.2 Å². The summed E-state index contributed by atoms with van der Waals surface area (Å²) < 4.78 is 0. The van der Waals surface area contributed by atoms with E-state index in [2.05, 4.69) is 10.2 Å². The molecule has 0 aromatic rings. The lowest BCUT2D eigenvalue weighted by Gasteiger charge is -2.25. The fourth-order valence-electron chi connectivity index (χ4n) is 1.57. The highest BCUT2D eigenvalue weighted by atomic mass is 16.4. The van der Waals surface area contributed by atoms with Crippen LogP contribution in [0.1, 0.15) is 20.3 Å². The van der Waals surface area contributed by atoms with Crippen LogP contribution in [0.15, 0.2) is 0 Å². The Bertz CT molecular complexity index is 187. The number of rotatable bonds is 8. The van der Waals surface area contributed by atoms with E-state index < -0.39 is 6.09 Å². The number of nitrogens with zero attached hydrogens (tertiary/aromatic N) is 1. The Hall–Kier alpha value is -0.850. The Labute approximate surface area is 97.0 Å². The number of nitrogens with two attached hydrogens (primary N) is 2. The molecule has 0 spiro atoms. The van der Waals surface area contributed by atoms with Crippen LogP contribution in [0.4, 0.5) is 4.79 Å². The molecule has 0 aromatic heterocycles. The predicted molar refractivity (Wildman–Crippen MR) is 64.4 cm³/mol. The van der Waals surface area contributed by atoms with Gasteiger partial charge >= 0.3 is 6.09 Å². The summed E-state index contributed by atoms with van der Waals surface area (Å²) in [6.45, 7) is 6.74. The van der Waals surface area contributed by atoms with Gasteiger partial charge in [0.15, 0.2) is 0 Å². The number of hydrogen-bond acceptors (Lipinski definition) is 4. The first kappa shape index (κ1) is 15.2. The average molecular weight is 232 g/mol. The third kappa shape index (κ3) is 9.70. The Balaban J connectivity index is 3.77. The van der Waals surface area contributed by atoms with Gasteiger partial charge in [0, 0.05) is 31.7 Å². The van der Waals surface area contributed by atoms with Gasteiger partial charge in [0.25, 0.3) is 0 Å². The molecule has 6 nitrogen and oxygen atoms in total. The van der Waals surface area contributed by atoms with Gasteiger partial charge in [-0.15, -0.1) is 0 Å². The monoisotopic (exact) mass is 232 g/mol. The van der Waals surface area contributed by atoms with Crippen LogP contribution >= 0.6 is 0 Å². The Morgan fingerprint density at radius 3 is 2.19 bits per heavy atom. The van der Waals surface area contributed by atoms with Crippen LogP contribution in [0.25, 0.3) is 0 Å². The number of carbonyl (C=O) groups is 1. The van der Waals surface area contributed by atoms with Crippen molar-refractivity contribution in [1.82, 2.24) is 10.2 Å². The van der Waals surface area contributed by atoms with Crippen LogP contribution in [-0.2, 0) is 0 Å². The standard InChI is InChI=1S/C10H24N4O2/c1-8(11)6-14(7-9(2)12)5-3-4-13-10(15)16/h8-9,13H,3-7,11-12H2,1-2H3,(H,15,16). The van der Waals surface area contributed by atoms with Gasteiger partial charge in [-0.25, -0.2) is 4.79 Å². The summed E-state index contributed by atoms with van der Waals surface area (Å²) in [5, 5.41) is 10.7. The summed E-state index contributed by atoms with van der Waals surface area (Å²) in [4.78, 5) is 12.4. The molecule has 16 heavy (non-hydrogen) atoms. The molecule has 0 aromatic carbocycles. The van der Waals surface area contributed by atoms with E-state index >= 15 is 0 Å².